The molecule has 0 aliphatic heterocycles. The van der Waals surface area contributed by atoms with Gasteiger partial charge in [0.25, 0.3) is 0 Å². The van der Waals surface area contributed by atoms with Gasteiger partial charge in [0.2, 0.25) is 6.33 Å². The highest BCUT2D eigenvalue weighted by Crippen LogP contribution is 2.39. The van der Waals surface area contributed by atoms with Gasteiger partial charge in [-0.15, -0.1) is 0 Å². The molecular formula is C34H36N6O. The Kier molecular flexibility index (Phi) is 6.10. The Hall–Kier alpha value is -4.39. The minimum Gasteiger partial charge on any atom is -0.455 e. The molecule has 0 fully saturated rings. The highest BCUT2D eigenvalue weighted by molar-refractivity contribution is 6.11. The third kappa shape index (κ3) is 4.90. The van der Waals surface area contributed by atoms with Gasteiger partial charge in [-0.2, -0.15) is 0 Å². The highest BCUT2D eigenvalue weighted by Gasteiger charge is 2.26. The van der Waals surface area contributed by atoms with E-state index in [4.69, 9.17) is 24.4 Å². The summed E-state index contributed by atoms with van der Waals surface area (Å²) < 4.78 is 10.5. The van der Waals surface area contributed by atoms with Crippen LogP contribution in [0, 0.1) is 20.2 Å². The predicted molar refractivity (Wildman–Crippen MR) is 162 cm³/mol. The third-order valence-corrected chi connectivity index (χ3v) is 7.42. The van der Waals surface area contributed by atoms with Crippen molar-refractivity contribution in [3.8, 4) is 28.3 Å². The van der Waals surface area contributed by atoms with Gasteiger partial charge in [-0.25, -0.2) is 15.0 Å². The minimum atomic E-state index is -0.211. The second-order valence-corrected chi connectivity index (χ2v) is 13.0. The zero-order valence-electron chi connectivity index (χ0n) is 25.3. The first-order chi connectivity index (χ1) is 19.3. The molecule has 7 heteroatoms. The van der Waals surface area contributed by atoms with Gasteiger partial charge in [-0.1, -0.05) is 47.6 Å². The summed E-state index contributed by atoms with van der Waals surface area (Å²) in [6.45, 7) is 17.0. The van der Waals surface area contributed by atoms with Crippen molar-refractivity contribution >= 4 is 21.9 Å². The number of hydrogen-bond donors (Lipinski definition) is 0. The first kappa shape index (κ1) is 26.8. The Morgan fingerprint density at radius 3 is 2.15 bits per heavy atom. The average molecular weight is 545 g/mol. The number of benzene rings is 2. The van der Waals surface area contributed by atoms with Crippen LogP contribution in [0.1, 0.15) is 64.3 Å². The van der Waals surface area contributed by atoms with Crippen LogP contribution < -0.4 is 4.57 Å². The van der Waals surface area contributed by atoms with Crippen LogP contribution in [-0.4, -0.2) is 24.5 Å². The highest BCUT2D eigenvalue weighted by atomic mass is 16.3. The van der Waals surface area contributed by atoms with Gasteiger partial charge in [-0.05, 0) is 55.3 Å². The summed E-state index contributed by atoms with van der Waals surface area (Å²) in [5.41, 5.74) is 7.19. The lowest BCUT2D eigenvalue weighted by atomic mass is 9.93. The number of aromatic nitrogens is 6. The predicted octanol–water partition coefficient (Wildman–Crippen LogP) is 7.13. The molecule has 4 heterocycles. The quantitative estimate of drug-likeness (QED) is 0.175. The molecule has 0 unspecified atom stereocenters. The summed E-state index contributed by atoms with van der Waals surface area (Å²) in [6.07, 6.45) is 9.22. The molecule has 0 saturated carbocycles. The molecule has 0 N–H and O–H groups in total. The SMILES string of the molecule is Cc1cnc(-c2cc(-n3[c-][n+](C)cc3)cc3c2oc2cc(-c4nc(C(C)(C)C)nc(C(C)(C)C)n4)ccc23)cc1C. The van der Waals surface area contributed by atoms with Crippen LogP contribution in [0.4, 0.5) is 0 Å². The lowest BCUT2D eigenvalue weighted by molar-refractivity contribution is -0.674. The molecule has 0 atom stereocenters. The molecule has 6 aromatic rings. The molecule has 41 heavy (non-hydrogen) atoms. The van der Waals surface area contributed by atoms with E-state index in [1.54, 1.807) is 0 Å². The van der Waals surface area contributed by atoms with E-state index in [9.17, 15) is 0 Å². The normalized spacial score (nSPS) is 12.5. The van der Waals surface area contributed by atoms with Crippen LogP contribution in [0.5, 0.6) is 0 Å². The number of rotatable bonds is 3. The van der Waals surface area contributed by atoms with Crippen molar-refractivity contribution in [2.24, 2.45) is 7.05 Å². The molecule has 4 aromatic heterocycles. The third-order valence-electron chi connectivity index (χ3n) is 7.42. The van der Waals surface area contributed by atoms with E-state index in [0.29, 0.717) is 5.82 Å². The van der Waals surface area contributed by atoms with E-state index in [1.165, 1.54) is 5.56 Å². The zero-order valence-corrected chi connectivity index (χ0v) is 25.3. The van der Waals surface area contributed by atoms with Gasteiger partial charge in [0.15, 0.2) is 5.82 Å². The fourth-order valence-electron chi connectivity index (χ4n) is 4.83. The summed E-state index contributed by atoms with van der Waals surface area (Å²) in [4.78, 5) is 19.4. The van der Waals surface area contributed by atoms with E-state index in [-0.39, 0.29) is 10.8 Å². The maximum Gasteiger partial charge on any atom is 0.243 e. The molecule has 208 valence electrons. The molecule has 0 saturated heterocycles. The van der Waals surface area contributed by atoms with Crippen LogP contribution in [0.3, 0.4) is 0 Å². The maximum atomic E-state index is 6.63. The average Bonchev–Trinajstić information content (AvgIpc) is 3.51. The Bertz CT molecular complexity index is 1920. The number of hydrogen-bond acceptors (Lipinski definition) is 5. The molecule has 0 aliphatic rings. The van der Waals surface area contributed by atoms with Gasteiger partial charge in [-0.3, -0.25) is 4.98 Å². The van der Waals surface area contributed by atoms with Crippen LogP contribution in [0.2, 0.25) is 0 Å². The van der Waals surface area contributed by atoms with Gasteiger partial charge >= 0.3 is 0 Å². The smallest absolute Gasteiger partial charge is 0.243 e. The Morgan fingerprint density at radius 1 is 0.829 bits per heavy atom. The lowest BCUT2D eigenvalue weighted by Crippen LogP contribution is -2.24. The van der Waals surface area contributed by atoms with E-state index in [0.717, 1.165) is 61.7 Å². The molecule has 0 bridgehead atoms. The van der Waals surface area contributed by atoms with E-state index >= 15 is 0 Å². The number of imidazole rings is 1. The minimum absolute atomic E-state index is 0.211. The van der Waals surface area contributed by atoms with Crippen LogP contribution >= 0.6 is 0 Å². The molecule has 2 aromatic carbocycles. The van der Waals surface area contributed by atoms with Crippen molar-refractivity contribution < 1.29 is 8.98 Å². The number of fused-ring (bicyclic) bond motifs is 3. The Morgan fingerprint density at radius 2 is 1.54 bits per heavy atom. The van der Waals surface area contributed by atoms with Gasteiger partial charge in [0, 0.05) is 51.3 Å². The zero-order chi connectivity index (χ0) is 29.3. The summed E-state index contributed by atoms with van der Waals surface area (Å²) >= 11 is 0. The van der Waals surface area contributed by atoms with Crippen molar-refractivity contribution in [3.63, 3.8) is 0 Å². The monoisotopic (exact) mass is 544 g/mol. The Balaban J connectivity index is 1.59. The van der Waals surface area contributed by atoms with Gasteiger partial charge in [0.1, 0.15) is 22.8 Å². The standard InChI is InChI=1S/C34H36N6O/c1-20-14-27(35-18-21(20)2)26-17-23(40-13-12-39(9)19-40)16-25-24-11-10-22(15-28(24)41-29(25)26)30-36-31(33(3,4)5)38-32(37-30)34(6,7)8/h10-18H,1-9H3. The second kappa shape index (κ2) is 9.33. The molecule has 0 aliphatic carbocycles. The summed E-state index contributed by atoms with van der Waals surface area (Å²) in [6, 6.07) is 12.6. The molecule has 0 amide bonds. The molecular weight excluding hydrogens is 508 g/mol. The summed E-state index contributed by atoms with van der Waals surface area (Å²) in [7, 11) is 1.97. The Labute approximate surface area is 241 Å². The second-order valence-electron chi connectivity index (χ2n) is 13.0. The largest absolute Gasteiger partial charge is 0.455 e. The van der Waals surface area contributed by atoms with Crippen LogP contribution in [-0.2, 0) is 17.9 Å². The van der Waals surface area contributed by atoms with Gasteiger partial charge < -0.3 is 13.6 Å². The number of furan rings is 1. The van der Waals surface area contributed by atoms with Gasteiger partial charge in [0.05, 0.1) is 18.4 Å². The topological polar surface area (TPSA) is 73.5 Å². The van der Waals surface area contributed by atoms with Crippen LogP contribution in [0.15, 0.2) is 59.4 Å². The number of aryl methyl sites for hydroxylation is 3. The van der Waals surface area contributed by atoms with E-state index in [1.807, 2.05) is 40.8 Å². The van der Waals surface area contributed by atoms with Crippen molar-refractivity contribution in [1.29, 1.82) is 0 Å². The fourth-order valence-corrected chi connectivity index (χ4v) is 4.83. The van der Waals surface area contributed by atoms with Crippen molar-refractivity contribution in [3.05, 3.63) is 84.1 Å². The van der Waals surface area contributed by atoms with E-state index in [2.05, 4.69) is 92.0 Å². The lowest BCUT2D eigenvalue weighted by Gasteiger charge is -2.22. The molecule has 0 radical (unpaired) electrons. The van der Waals surface area contributed by atoms with Crippen LogP contribution in [0.25, 0.3) is 50.3 Å². The first-order valence-corrected chi connectivity index (χ1v) is 14.0. The fraction of sp³-hybridized carbons (Fsp3) is 0.324. The summed E-state index contributed by atoms with van der Waals surface area (Å²) in [5.74, 6) is 2.21. The number of nitrogens with zero attached hydrogens (tertiary/aromatic N) is 6. The van der Waals surface area contributed by atoms with Crippen molar-refractivity contribution in [2.75, 3.05) is 0 Å². The molecule has 0 spiro atoms. The molecule has 6 rings (SSSR count). The van der Waals surface area contributed by atoms with E-state index < -0.39 is 0 Å². The summed E-state index contributed by atoms with van der Waals surface area (Å²) in [5, 5.41) is 2.04. The molecule has 7 nitrogen and oxygen atoms in total. The van der Waals surface area contributed by atoms with Crippen molar-refractivity contribution in [1.82, 2.24) is 24.5 Å². The first-order valence-electron chi connectivity index (χ1n) is 14.0. The maximum absolute atomic E-state index is 6.63. The number of pyridine rings is 1. The van der Waals surface area contributed by atoms with Crippen molar-refractivity contribution in [2.45, 2.75) is 66.2 Å².